The maximum atomic E-state index is 11.7. The lowest BCUT2D eigenvalue weighted by molar-refractivity contribution is -0.162. The predicted molar refractivity (Wildman–Crippen MR) is 145 cm³/mol. The van der Waals surface area contributed by atoms with E-state index < -0.39 is 11.4 Å². The number of hydrogen-bond acceptors (Lipinski definition) is 5. The number of aliphatic carboxylic acids is 1. The molecule has 4 fully saturated rings. The van der Waals surface area contributed by atoms with E-state index in [4.69, 9.17) is 14.7 Å². The van der Waals surface area contributed by atoms with Gasteiger partial charge in [-0.15, -0.1) is 0 Å². The van der Waals surface area contributed by atoms with E-state index in [9.17, 15) is 9.90 Å². The number of rotatable bonds is 7. The molecule has 1 aliphatic heterocycles. The molecule has 0 spiro atoms. The zero-order valence-corrected chi connectivity index (χ0v) is 21.6. The SMILES string of the molecule is C=C(C)c1ccc2nc(-c3ccc(N4CCC(OCC56CCC(C(=O)O)(CC5)CC6)CC4)nc3)[nH]c2c1. The maximum Gasteiger partial charge on any atom is 0.309 e. The summed E-state index contributed by atoms with van der Waals surface area (Å²) in [4.78, 5) is 26.9. The molecule has 37 heavy (non-hydrogen) atoms. The highest BCUT2D eigenvalue weighted by Crippen LogP contribution is 2.57. The molecule has 7 nitrogen and oxygen atoms in total. The molecule has 3 aliphatic carbocycles. The van der Waals surface area contributed by atoms with E-state index in [1.165, 1.54) is 0 Å². The number of aromatic nitrogens is 3. The molecule has 2 N–H and O–H groups in total. The second-order valence-electron chi connectivity index (χ2n) is 11.6. The highest BCUT2D eigenvalue weighted by Gasteiger charge is 2.52. The zero-order chi connectivity index (χ0) is 25.6. The van der Waals surface area contributed by atoms with E-state index in [-0.39, 0.29) is 11.5 Å². The summed E-state index contributed by atoms with van der Waals surface area (Å²) < 4.78 is 6.44. The standard InChI is InChI=1S/C30H36N4O3/c1-20(2)21-3-5-24-25(17-21)33-27(32-24)22-4-6-26(31-18-22)34-15-7-23(8-16-34)37-19-29-9-12-30(13-10-29,14-11-29)28(35)36/h3-6,17-18,23H,1,7-16,19H2,2H3,(H,32,33)(H,35,36). The van der Waals surface area contributed by atoms with Gasteiger partial charge >= 0.3 is 5.97 Å². The number of aromatic amines is 1. The molecule has 0 atom stereocenters. The van der Waals surface area contributed by atoms with Gasteiger partial charge in [0.15, 0.2) is 0 Å². The summed E-state index contributed by atoms with van der Waals surface area (Å²) in [6.45, 7) is 8.68. The van der Waals surface area contributed by atoms with Gasteiger partial charge in [0.1, 0.15) is 11.6 Å². The Bertz CT molecular complexity index is 1300. The quantitative estimate of drug-likeness (QED) is 0.409. The normalized spacial score (nSPS) is 26.0. The molecule has 0 unspecified atom stereocenters. The number of nitrogens with one attached hydrogen (secondary N) is 1. The molecule has 0 radical (unpaired) electrons. The smallest absolute Gasteiger partial charge is 0.309 e. The summed E-state index contributed by atoms with van der Waals surface area (Å²) in [5, 5.41) is 9.63. The lowest BCUT2D eigenvalue weighted by Gasteiger charge is -2.51. The fourth-order valence-electron chi connectivity index (χ4n) is 6.47. The number of nitrogens with zero attached hydrogens (tertiary/aromatic N) is 3. The molecule has 1 aromatic carbocycles. The average molecular weight is 501 g/mol. The predicted octanol–water partition coefficient (Wildman–Crippen LogP) is 6.07. The second kappa shape index (κ2) is 9.28. The highest BCUT2D eigenvalue weighted by molar-refractivity contribution is 5.83. The third-order valence-electron chi connectivity index (χ3n) is 9.24. The van der Waals surface area contributed by atoms with Crippen LogP contribution in [0.5, 0.6) is 0 Å². The number of carboxylic acid groups (broad SMARTS) is 1. The zero-order valence-electron chi connectivity index (χ0n) is 21.6. The van der Waals surface area contributed by atoms with Crippen LogP contribution in [0.25, 0.3) is 28.0 Å². The van der Waals surface area contributed by atoms with E-state index in [2.05, 4.69) is 40.7 Å². The Hall–Kier alpha value is -3.19. The molecule has 4 aliphatic rings. The molecule has 3 saturated carbocycles. The van der Waals surface area contributed by atoms with Crippen molar-refractivity contribution in [1.82, 2.24) is 15.0 Å². The monoisotopic (exact) mass is 500 g/mol. The fraction of sp³-hybridized carbons (Fsp3) is 0.500. The second-order valence-corrected chi connectivity index (χ2v) is 11.6. The number of ether oxygens (including phenoxy) is 1. The van der Waals surface area contributed by atoms with Gasteiger partial charge in [-0.05, 0) is 93.5 Å². The first-order chi connectivity index (χ1) is 17.8. The fourth-order valence-corrected chi connectivity index (χ4v) is 6.47. The Balaban J connectivity index is 1.03. The van der Waals surface area contributed by atoms with Crippen LogP contribution in [-0.4, -0.2) is 51.8 Å². The van der Waals surface area contributed by atoms with Gasteiger partial charge in [-0.1, -0.05) is 18.2 Å². The summed E-state index contributed by atoms with van der Waals surface area (Å²) >= 11 is 0. The Morgan fingerprint density at radius 3 is 2.49 bits per heavy atom. The number of H-pyrrole nitrogens is 1. The van der Waals surface area contributed by atoms with E-state index in [1.807, 2.05) is 19.2 Å². The van der Waals surface area contributed by atoms with E-state index in [1.54, 1.807) is 0 Å². The largest absolute Gasteiger partial charge is 0.481 e. The van der Waals surface area contributed by atoms with E-state index in [0.717, 1.165) is 110 Å². The lowest BCUT2D eigenvalue weighted by Crippen LogP contribution is -2.48. The number of piperidine rings is 1. The molecule has 0 amide bonds. The number of carbonyl (C=O) groups is 1. The van der Waals surface area contributed by atoms with E-state index >= 15 is 0 Å². The summed E-state index contributed by atoms with van der Waals surface area (Å²) in [6.07, 6.45) is 9.59. The van der Waals surface area contributed by atoms with Crippen molar-refractivity contribution in [3.63, 3.8) is 0 Å². The Labute approximate surface area is 218 Å². The first-order valence-corrected chi connectivity index (χ1v) is 13.6. The molecule has 194 valence electrons. The first-order valence-electron chi connectivity index (χ1n) is 13.6. The number of anilines is 1. The minimum atomic E-state index is -0.592. The Kier molecular flexibility index (Phi) is 6.06. The van der Waals surface area contributed by atoms with Gasteiger partial charge in [0.2, 0.25) is 0 Å². The van der Waals surface area contributed by atoms with Gasteiger partial charge in [0, 0.05) is 24.8 Å². The topological polar surface area (TPSA) is 91.3 Å². The van der Waals surface area contributed by atoms with Crippen molar-refractivity contribution in [2.45, 2.75) is 64.4 Å². The van der Waals surface area contributed by atoms with Gasteiger partial charge in [0.05, 0.1) is 29.2 Å². The summed E-state index contributed by atoms with van der Waals surface area (Å²) in [5.74, 6) is 1.22. The first kappa shape index (κ1) is 24.2. The van der Waals surface area contributed by atoms with Gasteiger partial charge in [0.25, 0.3) is 0 Å². The van der Waals surface area contributed by atoms with E-state index in [0.29, 0.717) is 0 Å². The number of hydrogen-bond donors (Lipinski definition) is 2. The minimum Gasteiger partial charge on any atom is -0.481 e. The number of pyridine rings is 1. The summed E-state index contributed by atoms with van der Waals surface area (Å²) in [6, 6.07) is 10.3. The van der Waals surface area contributed by atoms with Crippen LogP contribution >= 0.6 is 0 Å². The number of allylic oxidation sites excluding steroid dienone is 1. The summed E-state index contributed by atoms with van der Waals surface area (Å²) in [5.41, 5.74) is 4.81. The molecular formula is C30H36N4O3. The van der Waals surface area contributed by atoms with Crippen molar-refractivity contribution in [2.75, 3.05) is 24.6 Å². The van der Waals surface area contributed by atoms with Crippen molar-refractivity contribution < 1.29 is 14.6 Å². The van der Waals surface area contributed by atoms with Crippen LogP contribution in [0.4, 0.5) is 5.82 Å². The van der Waals surface area contributed by atoms with Crippen LogP contribution in [-0.2, 0) is 9.53 Å². The Morgan fingerprint density at radius 1 is 1.14 bits per heavy atom. The van der Waals surface area contributed by atoms with Crippen molar-refractivity contribution in [2.24, 2.45) is 10.8 Å². The molecular weight excluding hydrogens is 464 g/mol. The van der Waals surface area contributed by atoms with Gasteiger partial charge in [-0.3, -0.25) is 4.79 Å². The third-order valence-corrected chi connectivity index (χ3v) is 9.24. The van der Waals surface area contributed by atoms with Gasteiger partial charge in [-0.2, -0.15) is 0 Å². The molecule has 1 saturated heterocycles. The highest BCUT2D eigenvalue weighted by atomic mass is 16.5. The third kappa shape index (κ3) is 4.54. The summed E-state index contributed by atoms with van der Waals surface area (Å²) in [7, 11) is 0. The molecule has 7 heteroatoms. The number of benzene rings is 1. The van der Waals surface area contributed by atoms with Gasteiger partial charge < -0.3 is 19.7 Å². The molecule has 2 bridgehead atoms. The van der Waals surface area contributed by atoms with Crippen molar-refractivity contribution in [3.8, 4) is 11.4 Å². The van der Waals surface area contributed by atoms with Crippen LogP contribution in [0, 0.1) is 10.8 Å². The van der Waals surface area contributed by atoms with Crippen LogP contribution in [0.2, 0.25) is 0 Å². The van der Waals surface area contributed by atoms with Crippen molar-refractivity contribution in [1.29, 1.82) is 0 Å². The van der Waals surface area contributed by atoms with Crippen molar-refractivity contribution in [3.05, 3.63) is 48.7 Å². The Morgan fingerprint density at radius 2 is 1.86 bits per heavy atom. The lowest BCUT2D eigenvalue weighted by atomic mass is 9.54. The number of fused-ring (bicyclic) bond motifs is 4. The molecule has 2 aromatic heterocycles. The molecule has 7 rings (SSSR count). The van der Waals surface area contributed by atoms with Crippen LogP contribution in [0.15, 0.2) is 43.1 Å². The average Bonchev–Trinajstić information content (AvgIpc) is 3.37. The minimum absolute atomic E-state index is 0.203. The van der Waals surface area contributed by atoms with Crippen molar-refractivity contribution >= 4 is 28.4 Å². The maximum absolute atomic E-state index is 11.7. The molecule has 3 heterocycles. The number of carboxylic acids is 1. The van der Waals surface area contributed by atoms with Gasteiger partial charge in [-0.25, -0.2) is 9.97 Å². The van der Waals surface area contributed by atoms with Crippen LogP contribution < -0.4 is 4.90 Å². The van der Waals surface area contributed by atoms with Crippen LogP contribution in [0.3, 0.4) is 0 Å². The number of imidazole rings is 1. The van der Waals surface area contributed by atoms with Crippen LogP contribution in [0.1, 0.15) is 63.9 Å². The molecule has 3 aromatic rings.